The van der Waals surface area contributed by atoms with Crippen molar-refractivity contribution in [3.63, 3.8) is 0 Å². The fourth-order valence-corrected chi connectivity index (χ4v) is 4.44. The number of benzene rings is 2. The van der Waals surface area contributed by atoms with Crippen molar-refractivity contribution in [2.45, 2.75) is 50.3 Å². The van der Waals surface area contributed by atoms with Crippen LogP contribution >= 0.6 is 0 Å². The van der Waals surface area contributed by atoms with Gasteiger partial charge in [0.1, 0.15) is 29.3 Å². The molecule has 5 rings (SSSR count). The summed E-state index contributed by atoms with van der Waals surface area (Å²) in [7, 11) is 0. The number of nitrogens with zero attached hydrogens (tertiary/aromatic N) is 4. The van der Waals surface area contributed by atoms with Crippen LogP contribution in [0.15, 0.2) is 47.3 Å². The molecule has 0 saturated heterocycles. The van der Waals surface area contributed by atoms with Crippen molar-refractivity contribution in [3.8, 4) is 11.8 Å². The molecule has 1 atom stereocenters. The van der Waals surface area contributed by atoms with E-state index in [1.54, 1.807) is 4.57 Å². The average molecular weight is 422 g/mol. The third-order valence-corrected chi connectivity index (χ3v) is 6.05. The lowest BCUT2D eigenvalue weighted by atomic mass is 9.89. The molecule has 6 nitrogen and oxygen atoms in total. The van der Waals surface area contributed by atoms with Crippen LogP contribution in [0.5, 0.6) is 5.75 Å². The van der Waals surface area contributed by atoms with Gasteiger partial charge in [0.25, 0.3) is 0 Å². The monoisotopic (exact) mass is 422 g/mol. The molecule has 0 radical (unpaired) electrons. The van der Waals surface area contributed by atoms with Crippen molar-refractivity contribution in [1.29, 1.82) is 5.26 Å². The zero-order chi connectivity index (χ0) is 21.5. The Labute approximate surface area is 177 Å². The Bertz CT molecular complexity index is 1200. The highest BCUT2D eigenvalue weighted by molar-refractivity contribution is 5.29. The normalized spacial score (nSPS) is 21.9. The summed E-state index contributed by atoms with van der Waals surface area (Å²) < 4.78 is 36.3. The Hall–Kier alpha value is -3.47. The Kier molecular flexibility index (Phi) is 4.81. The Morgan fingerprint density at radius 2 is 1.84 bits per heavy atom. The SMILES string of the molecule is N#CCc1ccc(O[C@H]2C[C@H](n3nc4n(c3=O)[C@H](c3cc(F)cc(F)c3)CC4)C2)cc1. The lowest BCUT2D eigenvalue weighted by Crippen LogP contribution is -2.41. The average Bonchev–Trinajstić information content (AvgIpc) is 3.26. The van der Waals surface area contributed by atoms with Crippen molar-refractivity contribution in [3.05, 3.63) is 81.5 Å². The highest BCUT2D eigenvalue weighted by Crippen LogP contribution is 2.36. The minimum absolute atomic E-state index is 0.0108. The highest BCUT2D eigenvalue weighted by Gasteiger charge is 2.37. The molecule has 0 unspecified atom stereocenters. The number of hydrogen-bond donors (Lipinski definition) is 0. The van der Waals surface area contributed by atoms with Crippen LogP contribution < -0.4 is 10.4 Å². The van der Waals surface area contributed by atoms with Crippen LogP contribution in [0.1, 0.15) is 48.3 Å². The van der Waals surface area contributed by atoms with Crippen molar-refractivity contribution in [2.75, 3.05) is 0 Å². The molecule has 3 aromatic rings. The first-order valence-corrected chi connectivity index (χ1v) is 10.3. The smallest absolute Gasteiger partial charge is 0.346 e. The predicted octanol–water partition coefficient (Wildman–Crippen LogP) is 3.71. The molecule has 2 aliphatic rings. The summed E-state index contributed by atoms with van der Waals surface area (Å²) in [5, 5.41) is 13.2. The van der Waals surface area contributed by atoms with Crippen LogP contribution in [0.4, 0.5) is 8.78 Å². The van der Waals surface area contributed by atoms with Crippen molar-refractivity contribution in [2.24, 2.45) is 0 Å². The summed E-state index contributed by atoms with van der Waals surface area (Å²) in [4.78, 5) is 13.0. The Morgan fingerprint density at radius 3 is 2.52 bits per heavy atom. The zero-order valence-corrected chi connectivity index (χ0v) is 16.7. The lowest BCUT2D eigenvalue weighted by molar-refractivity contribution is 0.0623. The van der Waals surface area contributed by atoms with Crippen molar-refractivity contribution >= 4 is 0 Å². The molecule has 0 bridgehead atoms. The number of ether oxygens (including phenoxy) is 1. The zero-order valence-electron chi connectivity index (χ0n) is 16.7. The van der Waals surface area contributed by atoms with E-state index in [4.69, 9.17) is 10.00 Å². The van der Waals surface area contributed by atoms with E-state index in [0.29, 0.717) is 43.5 Å². The number of fused-ring (bicyclic) bond motifs is 1. The molecule has 2 aromatic carbocycles. The van der Waals surface area contributed by atoms with E-state index in [1.807, 2.05) is 24.3 Å². The van der Waals surface area contributed by atoms with Crippen LogP contribution in [-0.4, -0.2) is 20.5 Å². The molecule has 1 aromatic heterocycles. The van der Waals surface area contributed by atoms with Crippen molar-refractivity contribution in [1.82, 2.24) is 14.3 Å². The third kappa shape index (κ3) is 3.61. The van der Waals surface area contributed by atoms with Crippen LogP contribution in [0.2, 0.25) is 0 Å². The maximum Gasteiger partial charge on any atom is 0.346 e. The van der Waals surface area contributed by atoms with Gasteiger partial charge in [-0.05, 0) is 41.8 Å². The minimum Gasteiger partial charge on any atom is -0.490 e. The lowest BCUT2D eigenvalue weighted by Gasteiger charge is -2.34. The van der Waals surface area contributed by atoms with Gasteiger partial charge in [-0.25, -0.2) is 18.3 Å². The predicted molar refractivity (Wildman–Crippen MR) is 108 cm³/mol. The van der Waals surface area contributed by atoms with E-state index >= 15 is 0 Å². The van der Waals surface area contributed by atoms with Gasteiger partial charge in [0.05, 0.1) is 24.6 Å². The van der Waals surface area contributed by atoms with Gasteiger partial charge in [-0.3, -0.25) is 4.57 Å². The Morgan fingerprint density at radius 1 is 1.13 bits per heavy atom. The fraction of sp³-hybridized carbons (Fsp3) is 0.348. The first-order chi connectivity index (χ1) is 15.0. The number of aryl methyl sites for hydroxylation is 1. The molecule has 1 fully saturated rings. The van der Waals surface area contributed by atoms with E-state index in [0.717, 1.165) is 17.4 Å². The second kappa shape index (κ2) is 7.65. The van der Waals surface area contributed by atoms with Crippen molar-refractivity contribution < 1.29 is 13.5 Å². The molecule has 1 saturated carbocycles. The fourth-order valence-electron chi connectivity index (χ4n) is 4.44. The van der Waals surface area contributed by atoms with Crippen LogP contribution in [0, 0.1) is 23.0 Å². The van der Waals surface area contributed by atoms with Gasteiger partial charge in [-0.2, -0.15) is 10.4 Å². The van der Waals surface area contributed by atoms with E-state index in [-0.39, 0.29) is 17.8 Å². The molecule has 158 valence electrons. The number of aromatic nitrogens is 3. The van der Waals surface area contributed by atoms with Crippen LogP contribution in [0.3, 0.4) is 0 Å². The highest BCUT2D eigenvalue weighted by atomic mass is 19.1. The number of hydrogen-bond acceptors (Lipinski definition) is 4. The summed E-state index contributed by atoms with van der Waals surface area (Å²) >= 11 is 0. The molecule has 0 N–H and O–H groups in total. The molecule has 1 aliphatic carbocycles. The Balaban J connectivity index is 1.28. The van der Waals surface area contributed by atoms with E-state index in [1.165, 1.54) is 16.8 Å². The molecular weight excluding hydrogens is 402 g/mol. The van der Waals surface area contributed by atoms with Crippen LogP contribution in [-0.2, 0) is 12.8 Å². The second-order valence-corrected chi connectivity index (χ2v) is 8.11. The van der Waals surface area contributed by atoms with Gasteiger partial charge >= 0.3 is 5.69 Å². The summed E-state index contributed by atoms with van der Waals surface area (Å²) in [5.41, 5.74) is 1.15. The van der Waals surface area contributed by atoms with Gasteiger partial charge < -0.3 is 4.74 Å². The molecule has 0 spiro atoms. The molecule has 1 aliphatic heterocycles. The number of nitriles is 1. The maximum absolute atomic E-state index is 13.7. The summed E-state index contributed by atoms with van der Waals surface area (Å²) in [5.74, 6) is 0.0854. The molecule has 31 heavy (non-hydrogen) atoms. The van der Waals surface area contributed by atoms with E-state index in [2.05, 4.69) is 11.2 Å². The largest absolute Gasteiger partial charge is 0.490 e. The van der Waals surface area contributed by atoms with Gasteiger partial charge in [0, 0.05) is 25.3 Å². The standard InChI is InChI=1S/C23H20F2N4O2/c24-16-9-15(10-17(25)11-16)21-5-6-22-27-29(23(30)28(21)22)18-12-20(13-18)31-19-3-1-14(2-4-19)7-8-26/h1-4,9-11,18,20-21H,5-7,12-13H2/t18-,20-,21-/m0/s1. The molecule has 8 heteroatoms. The third-order valence-electron chi connectivity index (χ3n) is 6.05. The molecule has 0 amide bonds. The second-order valence-electron chi connectivity index (χ2n) is 8.11. The summed E-state index contributed by atoms with van der Waals surface area (Å²) in [6.07, 6.45) is 2.86. The topological polar surface area (TPSA) is 72.8 Å². The molecule has 2 heterocycles. The van der Waals surface area contributed by atoms with Gasteiger partial charge in [0.2, 0.25) is 0 Å². The number of rotatable bonds is 5. The molecular formula is C23H20F2N4O2. The van der Waals surface area contributed by atoms with Gasteiger partial charge in [-0.1, -0.05) is 12.1 Å². The van der Waals surface area contributed by atoms with Gasteiger partial charge in [0.15, 0.2) is 0 Å². The quantitative estimate of drug-likeness (QED) is 0.628. The number of halogens is 2. The van der Waals surface area contributed by atoms with E-state index < -0.39 is 17.7 Å². The first-order valence-electron chi connectivity index (χ1n) is 10.3. The summed E-state index contributed by atoms with van der Waals surface area (Å²) in [6.45, 7) is 0. The van der Waals surface area contributed by atoms with Gasteiger partial charge in [-0.15, -0.1) is 0 Å². The van der Waals surface area contributed by atoms with E-state index in [9.17, 15) is 13.6 Å². The first kappa shape index (κ1) is 19.5. The summed E-state index contributed by atoms with van der Waals surface area (Å²) in [6, 6.07) is 12.5. The minimum atomic E-state index is -0.650. The maximum atomic E-state index is 13.7. The van der Waals surface area contributed by atoms with Crippen LogP contribution in [0.25, 0.3) is 0 Å².